The summed E-state index contributed by atoms with van der Waals surface area (Å²) in [5.41, 5.74) is 0.288. The van der Waals surface area contributed by atoms with E-state index in [4.69, 9.17) is 52.1 Å². The molecule has 5 rings (SSSR count). The summed E-state index contributed by atoms with van der Waals surface area (Å²) in [7, 11) is 5.80. The minimum atomic E-state index is -1.80. The van der Waals surface area contributed by atoms with Crippen LogP contribution in [0.1, 0.15) is 20.7 Å². The average Bonchev–Trinajstić information content (AvgIpc) is 3.20. The number of aliphatic hydroxyl groups excluding tert-OH is 5. The molecule has 15 atom stereocenters. The van der Waals surface area contributed by atoms with E-state index < -0.39 is 117 Å². The molecule has 5 N–H and O–H groups in total. The molecule has 18 nitrogen and oxygen atoms in total. The monoisotopic (exact) mass is 768 g/mol. The number of rotatable bonds is 15. The third-order valence-corrected chi connectivity index (χ3v) is 9.46. The van der Waals surface area contributed by atoms with Crippen LogP contribution in [0.4, 0.5) is 0 Å². The Morgan fingerprint density at radius 2 is 0.944 bits per heavy atom. The second-order valence-electron chi connectivity index (χ2n) is 12.7. The highest BCUT2D eigenvalue weighted by Gasteiger charge is 2.52. The lowest BCUT2D eigenvalue weighted by molar-refractivity contribution is -0.342. The van der Waals surface area contributed by atoms with Gasteiger partial charge in [-0.05, 0) is 24.3 Å². The number of hydrogen-bond acceptors (Lipinski definition) is 18. The van der Waals surface area contributed by atoms with Gasteiger partial charge in [-0.2, -0.15) is 0 Å². The van der Waals surface area contributed by atoms with Crippen LogP contribution >= 0.6 is 0 Å². The molecule has 54 heavy (non-hydrogen) atoms. The van der Waals surface area contributed by atoms with Crippen molar-refractivity contribution in [1.82, 2.24) is 0 Å². The fourth-order valence-corrected chi connectivity index (χ4v) is 6.53. The van der Waals surface area contributed by atoms with Crippen LogP contribution in [0.3, 0.4) is 0 Å². The number of carbonyl (C=O) groups excluding carboxylic acids is 2. The first-order valence-corrected chi connectivity index (χ1v) is 17.2. The second-order valence-corrected chi connectivity index (χ2v) is 12.7. The van der Waals surface area contributed by atoms with E-state index in [2.05, 4.69) is 0 Å². The molecule has 3 aliphatic rings. The Morgan fingerprint density at radius 1 is 0.519 bits per heavy atom. The Hall–Kier alpha value is -3.18. The van der Waals surface area contributed by atoms with Crippen molar-refractivity contribution >= 4 is 11.9 Å². The molecule has 2 aromatic carbocycles. The predicted octanol–water partition coefficient (Wildman–Crippen LogP) is -1.23. The van der Waals surface area contributed by atoms with Crippen LogP contribution in [-0.2, 0) is 52.1 Å². The van der Waals surface area contributed by atoms with Gasteiger partial charge >= 0.3 is 11.9 Å². The topological polar surface area (TPSA) is 237 Å². The average molecular weight is 769 g/mol. The Kier molecular flexibility index (Phi) is 15.2. The van der Waals surface area contributed by atoms with Crippen LogP contribution in [0.2, 0.25) is 0 Å². The van der Waals surface area contributed by atoms with Gasteiger partial charge in [0.1, 0.15) is 61.0 Å². The van der Waals surface area contributed by atoms with Crippen LogP contribution in [0.15, 0.2) is 60.7 Å². The lowest BCUT2D eigenvalue weighted by atomic mass is 9.97. The van der Waals surface area contributed by atoms with Crippen LogP contribution in [0.25, 0.3) is 0 Å². The molecule has 2 aromatic rings. The standard InChI is InChI=1S/C36H48O18/c1-44-27-22(52-34(47-4)31(46-3)30(27)45-2)17-49-36-29(54-33(43)19-13-9-6-10-14-19)26(41)24(39)21(51-36)16-48-35-28(25(40)23(38)20(15-37)50-35)53-32(42)18-11-7-5-8-12-18/h5-14,20-31,34-41H,15-17H2,1-4H3/t20-,21-,22-,23-,24-,25+,26+,27-,28+,29+,30+,31-,34+,35+,36+/m1/s1. The number of carbonyl (C=O) groups is 2. The maximum absolute atomic E-state index is 13.1. The quantitative estimate of drug-likeness (QED) is 0.133. The summed E-state index contributed by atoms with van der Waals surface area (Å²) in [5, 5.41) is 53.8. The minimum Gasteiger partial charge on any atom is -0.450 e. The number of methoxy groups -OCH3 is 4. The van der Waals surface area contributed by atoms with E-state index in [1.165, 1.54) is 52.7 Å². The van der Waals surface area contributed by atoms with Crippen molar-refractivity contribution in [2.24, 2.45) is 0 Å². The summed E-state index contributed by atoms with van der Waals surface area (Å²) in [6.45, 7) is -1.61. The fraction of sp³-hybridized carbons (Fsp3) is 0.611. The van der Waals surface area contributed by atoms with Gasteiger partial charge in [0.25, 0.3) is 0 Å². The largest absolute Gasteiger partial charge is 0.450 e. The van der Waals surface area contributed by atoms with E-state index in [9.17, 15) is 35.1 Å². The highest BCUT2D eigenvalue weighted by Crippen LogP contribution is 2.32. The SMILES string of the molecule is CO[C@H]1O[C@H](CO[C@H]2O[C@H](CO[C@H]3O[C@H](CO)[C@@H](O)[C@H](O)[C@@H]3OC(=O)c3ccccc3)[C@@H](O)[C@H](O)[C@@H]2OC(=O)c2ccccc2)[C@@H](OC)[C@H](OC)[C@H]1OC. The molecule has 0 bridgehead atoms. The summed E-state index contributed by atoms with van der Waals surface area (Å²) in [5.74, 6) is -1.71. The summed E-state index contributed by atoms with van der Waals surface area (Å²) in [6, 6.07) is 15.8. The van der Waals surface area contributed by atoms with E-state index >= 15 is 0 Å². The molecule has 0 unspecified atom stereocenters. The minimum absolute atomic E-state index is 0.136. The molecule has 3 heterocycles. The number of esters is 2. The highest BCUT2D eigenvalue weighted by atomic mass is 16.8. The van der Waals surface area contributed by atoms with Crippen LogP contribution in [0.5, 0.6) is 0 Å². The van der Waals surface area contributed by atoms with Gasteiger partial charge in [-0.1, -0.05) is 36.4 Å². The lowest BCUT2D eigenvalue weighted by Crippen LogP contribution is -2.64. The van der Waals surface area contributed by atoms with Crippen molar-refractivity contribution in [1.29, 1.82) is 0 Å². The normalized spacial score (nSPS) is 37.0. The summed E-state index contributed by atoms with van der Waals surface area (Å²) < 4.78 is 63.2. The van der Waals surface area contributed by atoms with Crippen LogP contribution < -0.4 is 0 Å². The second kappa shape index (κ2) is 19.6. The zero-order valence-corrected chi connectivity index (χ0v) is 30.1. The first-order valence-electron chi connectivity index (χ1n) is 17.2. The van der Waals surface area contributed by atoms with Gasteiger partial charge < -0.3 is 77.6 Å². The fourth-order valence-electron chi connectivity index (χ4n) is 6.53. The van der Waals surface area contributed by atoms with Crippen molar-refractivity contribution in [3.63, 3.8) is 0 Å². The number of aliphatic hydroxyl groups is 5. The first kappa shape index (κ1) is 42.0. The number of ether oxygens (including phenoxy) is 11. The Morgan fingerprint density at radius 3 is 1.39 bits per heavy atom. The molecule has 0 aliphatic carbocycles. The van der Waals surface area contributed by atoms with Crippen molar-refractivity contribution in [2.45, 2.75) is 92.1 Å². The molecule has 0 aromatic heterocycles. The Labute approximate surface area is 311 Å². The lowest BCUT2D eigenvalue weighted by Gasteiger charge is -2.46. The molecular formula is C36H48O18. The van der Waals surface area contributed by atoms with E-state index in [0.717, 1.165) is 0 Å². The molecule has 3 saturated heterocycles. The third kappa shape index (κ3) is 9.43. The number of benzene rings is 2. The molecule has 18 heteroatoms. The van der Waals surface area contributed by atoms with E-state index in [1.807, 2.05) is 0 Å². The smallest absolute Gasteiger partial charge is 0.338 e. The summed E-state index contributed by atoms with van der Waals surface area (Å²) >= 11 is 0. The Bertz CT molecular complexity index is 1450. The zero-order valence-electron chi connectivity index (χ0n) is 30.1. The van der Waals surface area contributed by atoms with Gasteiger partial charge in [0.2, 0.25) is 0 Å². The molecule has 0 spiro atoms. The van der Waals surface area contributed by atoms with E-state index in [0.29, 0.717) is 0 Å². The maximum atomic E-state index is 13.1. The first-order chi connectivity index (χ1) is 26.1. The highest BCUT2D eigenvalue weighted by molar-refractivity contribution is 5.90. The summed E-state index contributed by atoms with van der Waals surface area (Å²) in [6.07, 6.45) is -20.0. The van der Waals surface area contributed by atoms with Crippen molar-refractivity contribution in [3.8, 4) is 0 Å². The summed E-state index contributed by atoms with van der Waals surface area (Å²) in [4.78, 5) is 26.1. The van der Waals surface area contributed by atoms with Crippen molar-refractivity contribution in [2.75, 3.05) is 48.3 Å². The van der Waals surface area contributed by atoms with Crippen molar-refractivity contribution < 1.29 is 87.2 Å². The van der Waals surface area contributed by atoms with Gasteiger partial charge in [-0.3, -0.25) is 0 Å². The molecular weight excluding hydrogens is 720 g/mol. The Balaban J connectivity index is 1.35. The van der Waals surface area contributed by atoms with Gasteiger partial charge in [-0.25, -0.2) is 9.59 Å². The van der Waals surface area contributed by atoms with Gasteiger partial charge in [0.05, 0.1) is 30.9 Å². The van der Waals surface area contributed by atoms with Gasteiger partial charge in [-0.15, -0.1) is 0 Å². The molecule has 3 aliphatic heterocycles. The molecule has 0 saturated carbocycles. The van der Waals surface area contributed by atoms with Gasteiger partial charge in [0, 0.05) is 28.4 Å². The maximum Gasteiger partial charge on any atom is 0.338 e. The zero-order chi connectivity index (χ0) is 38.9. The molecule has 300 valence electrons. The number of hydrogen-bond donors (Lipinski definition) is 5. The van der Waals surface area contributed by atoms with Crippen molar-refractivity contribution in [3.05, 3.63) is 71.8 Å². The molecule has 0 radical (unpaired) electrons. The van der Waals surface area contributed by atoms with Gasteiger partial charge in [0.15, 0.2) is 31.1 Å². The molecule has 3 fully saturated rings. The molecule has 0 amide bonds. The predicted molar refractivity (Wildman–Crippen MR) is 180 cm³/mol. The van der Waals surface area contributed by atoms with Crippen LogP contribution in [0, 0.1) is 0 Å². The third-order valence-electron chi connectivity index (χ3n) is 9.46. The van der Waals surface area contributed by atoms with E-state index in [1.54, 1.807) is 36.4 Å². The van der Waals surface area contributed by atoms with Crippen LogP contribution in [-0.4, -0.2) is 178 Å². The van der Waals surface area contributed by atoms with E-state index in [-0.39, 0.29) is 17.7 Å².